The van der Waals surface area contributed by atoms with Crippen LogP contribution in [0, 0.1) is 3.70 Å². The van der Waals surface area contributed by atoms with Crippen molar-refractivity contribution in [2.24, 2.45) is 0 Å². The lowest BCUT2D eigenvalue weighted by atomic mass is 9.98. The molecule has 0 amide bonds. The highest BCUT2D eigenvalue weighted by Gasteiger charge is 2.34. The summed E-state index contributed by atoms with van der Waals surface area (Å²) in [6.07, 6.45) is 0. The Morgan fingerprint density at radius 2 is 2.09 bits per heavy atom. The Balaban J connectivity index is 1.40. The Labute approximate surface area is 149 Å². The van der Waals surface area contributed by atoms with Crippen molar-refractivity contribution in [1.82, 2.24) is 19.8 Å². The standard InChI is InChI=1S/C17H19IN4O/c18-16-14-8-19-6-7-22(14)17(20-16)13-9-21(10-13)11-15(23)12-4-2-1-3-5-12/h1-5,13,19H,6-11H2. The SMILES string of the molecule is O=C(CN1CC(c2nc(I)c3n2CCNC3)C1)c1ccccc1. The summed E-state index contributed by atoms with van der Waals surface area (Å²) >= 11 is 2.33. The summed E-state index contributed by atoms with van der Waals surface area (Å²) in [5, 5.41) is 3.40. The molecule has 0 atom stereocenters. The van der Waals surface area contributed by atoms with Crippen molar-refractivity contribution in [1.29, 1.82) is 0 Å². The number of fused-ring (bicyclic) bond motifs is 1. The summed E-state index contributed by atoms with van der Waals surface area (Å²) in [4.78, 5) is 19.3. The molecule has 2 aliphatic heterocycles. The van der Waals surface area contributed by atoms with Crippen molar-refractivity contribution in [3.8, 4) is 0 Å². The number of carbonyl (C=O) groups excluding carboxylic acids is 1. The predicted octanol–water partition coefficient (Wildman–Crippen LogP) is 1.87. The Kier molecular flexibility index (Phi) is 4.21. The molecule has 5 nitrogen and oxygen atoms in total. The number of carbonyl (C=O) groups is 1. The maximum absolute atomic E-state index is 12.3. The number of ketones is 1. The summed E-state index contributed by atoms with van der Waals surface area (Å²) in [6, 6.07) is 9.55. The number of imidazole rings is 1. The molecule has 3 heterocycles. The van der Waals surface area contributed by atoms with E-state index in [0.717, 1.165) is 42.0 Å². The van der Waals surface area contributed by atoms with Gasteiger partial charge >= 0.3 is 0 Å². The van der Waals surface area contributed by atoms with E-state index in [9.17, 15) is 4.79 Å². The number of nitrogens with zero attached hydrogens (tertiary/aromatic N) is 3. The Bertz CT molecular complexity index is 722. The number of nitrogens with one attached hydrogen (secondary N) is 1. The first kappa shape index (κ1) is 15.3. The molecule has 1 saturated heterocycles. The minimum Gasteiger partial charge on any atom is -0.328 e. The van der Waals surface area contributed by atoms with E-state index in [1.165, 1.54) is 11.5 Å². The number of halogens is 1. The van der Waals surface area contributed by atoms with Crippen LogP contribution in [0.1, 0.15) is 27.8 Å². The van der Waals surface area contributed by atoms with Crippen LogP contribution in [-0.2, 0) is 13.1 Å². The zero-order chi connectivity index (χ0) is 15.8. The van der Waals surface area contributed by atoms with Gasteiger partial charge in [-0.3, -0.25) is 9.69 Å². The first-order chi connectivity index (χ1) is 11.2. The van der Waals surface area contributed by atoms with Crippen molar-refractivity contribution in [2.75, 3.05) is 26.2 Å². The van der Waals surface area contributed by atoms with Crippen LogP contribution in [0.15, 0.2) is 30.3 Å². The Morgan fingerprint density at radius 3 is 2.87 bits per heavy atom. The highest BCUT2D eigenvalue weighted by atomic mass is 127. The molecule has 2 aromatic rings. The third-order valence-electron chi connectivity index (χ3n) is 4.64. The normalized spacial score (nSPS) is 18.5. The van der Waals surface area contributed by atoms with E-state index < -0.39 is 0 Å². The lowest BCUT2D eigenvalue weighted by Gasteiger charge is -2.38. The summed E-state index contributed by atoms with van der Waals surface area (Å²) < 4.78 is 3.49. The van der Waals surface area contributed by atoms with E-state index >= 15 is 0 Å². The summed E-state index contributed by atoms with van der Waals surface area (Å²) in [7, 11) is 0. The molecule has 0 bridgehead atoms. The smallest absolute Gasteiger partial charge is 0.176 e. The number of likely N-dealkylation sites (tertiary alicyclic amines) is 1. The first-order valence-corrected chi connectivity index (χ1v) is 9.06. The molecule has 2 aliphatic rings. The van der Waals surface area contributed by atoms with Gasteiger partial charge < -0.3 is 9.88 Å². The van der Waals surface area contributed by atoms with Crippen molar-refractivity contribution < 1.29 is 4.79 Å². The fourth-order valence-electron chi connectivity index (χ4n) is 3.38. The zero-order valence-corrected chi connectivity index (χ0v) is 15.0. The predicted molar refractivity (Wildman–Crippen MR) is 96.6 cm³/mol. The van der Waals surface area contributed by atoms with Crippen LogP contribution in [0.2, 0.25) is 0 Å². The lowest BCUT2D eigenvalue weighted by molar-refractivity contribution is 0.0826. The van der Waals surface area contributed by atoms with Gasteiger partial charge in [-0.05, 0) is 22.6 Å². The second-order valence-corrected chi connectivity index (χ2v) is 7.24. The average molecular weight is 422 g/mol. The van der Waals surface area contributed by atoms with Gasteiger partial charge in [0.05, 0.1) is 12.2 Å². The average Bonchev–Trinajstić information content (AvgIpc) is 2.88. The van der Waals surface area contributed by atoms with Gasteiger partial charge in [0.1, 0.15) is 9.53 Å². The number of Topliss-reactive ketones (excluding diaryl/α,β-unsaturated/α-hetero) is 1. The third-order valence-corrected chi connectivity index (χ3v) is 5.51. The van der Waals surface area contributed by atoms with Gasteiger partial charge in [-0.1, -0.05) is 30.3 Å². The third kappa shape index (κ3) is 2.95. The molecule has 0 unspecified atom stereocenters. The van der Waals surface area contributed by atoms with Gasteiger partial charge in [0.2, 0.25) is 0 Å². The van der Waals surface area contributed by atoms with Crippen LogP contribution >= 0.6 is 22.6 Å². The minimum atomic E-state index is 0.202. The topological polar surface area (TPSA) is 50.2 Å². The molecule has 120 valence electrons. The van der Waals surface area contributed by atoms with E-state index in [4.69, 9.17) is 4.98 Å². The monoisotopic (exact) mass is 422 g/mol. The molecule has 1 fully saturated rings. The molecule has 23 heavy (non-hydrogen) atoms. The molecule has 0 aliphatic carbocycles. The van der Waals surface area contributed by atoms with E-state index in [2.05, 4.69) is 37.4 Å². The van der Waals surface area contributed by atoms with Gasteiger partial charge in [-0.15, -0.1) is 0 Å². The van der Waals surface area contributed by atoms with Gasteiger partial charge in [0, 0.05) is 44.2 Å². The second kappa shape index (κ2) is 6.33. The molecule has 4 rings (SSSR count). The Hall–Kier alpha value is -1.25. The molecule has 6 heteroatoms. The maximum Gasteiger partial charge on any atom is 0.176 e. The number of hydrogen-bond donors (Lipinski definition) is 1. The lowest BCUT2D eigenvalue weighted by Crippen LogP contribution is -2.48. The van der Waals surface area contributed by atoms with Crippen molar-refractivity contribution in [2.45, 2.75) is 19.0 Å². The number of aromatic nitrogens is 2. The van der Waals surface area contributed by atoms with E-state index in [0.29, 0.717) is 12.5 Å². The molecule has 1 N–H and O–H groups in total. The van der Waals surface area contributed by atoms with Crippen LogP contribution in [0.4, 0.5) is 0 Å². The quantitative estimate of drug-likeness (QED) is 0.604. The molecule has 0 radical (unpaired) electrons. The highest BCUT2D eigenvalue weighted by Crippen LogP contribution is 2.29. The van der Waals surface area contributed by atoms with E-state index in [-0.39, 0.29) is 5.78 Å². The van der Waals surface area contributed by atoms with Crippen LogP contribution in [0.25, 0.3) is 0 Å². The van der Waals surface area contributed by atoms with Crippen LogP contribution < -0.4 is 5.32 Å². The summed E-state index contributed by atoms with van der Waals surface area (Å²) in [6.45, 7) is 5.29. The van der Waals surface area contributed by atoms with Crippen LogP contribution in [-0.4, -0.2) is 46.4 Å². The summed E-state index contributed by atoms with van der Waals surface area (Å²) in [5.74, 6) is 1.86. The minimum absolute atomic E-state index is 0.202. The summed E-state index contributed by atoms with van der Waals surface area (Å²) in [5.41, 5.74) is 2.11. The van der Waals surface area contributed by atoms with Crippen LogP contribution in [0.3, 0.4) is 0 Å². The molecule has 1 aromatic carbocycles. The number of hydrogen-bond acceptors (Lipinski definition) is 4. The van der Waals surface area contributed by atoms with Gasteiger partial charge in [0.25, 0.3) is 0 Å². The van der Waals surface area contributed by atoms with Crippen LogP contribution in [0.5, 0.6) is 0 Å². The maximum atomic E-state index is 12.3. The van der Waals surface area contributed by atoms with E-state index in [1.54, 1.807) is 0 Å². The van der Waals surface area contributed by atoms with Gasteiger partial charge in [-0.2, -0.15) is 0 Å². The van der Waals surface area contributed by atoms with Crippen molar-refractivity contribution in [3.63, 3.8) is 0 Å². The second-order valence-electron chi connectivity index (χ2n) is 6.22. The van der Waals surface area contributed by atoms with Gasteiger partial charge in [0.15, 0.2) is 5.78 Å². The first-order valence-electron chi connectivity index (χ1n) is 7.98. The fraction of sp³-hybridized carbons (Fsp3) is 0.412. The number of rotatable bonds is 4. The zero-order valence-electron chi connectivity index (χ0n) is 12.8. The van der Waals surface area contributed by atoms with Crippen molar-refractivity contribution >= 4 is 28.4 Å². The van der Waals surface area contributed by atoms with Gasteiger partial charge in [-0.25, -0.2) is 4.98 Å². The molecule has 0 spiro atoms. The van der Waals surface area contributed by atoms with E-state index in [1.807, 2.05) is 30.3 Å². The number of benzene rings is 1. The molecule has 0 saturated carbocycles. The molecule has 1 aromatic heterocycles. The van der Waals surface area contributed by atoms with Crippen molar-refractivity contribution in [3.05, 3.63) is 51.1 Å². The Morgan fingerprint density at radius 1 is 1.30 bits per heavy atom. The molecular weight excluding hydrogens is 403 g/mol. The largest absolute Gasteiger partial charge is 0.328 e. The highest BCUT2D eigenvalue weighted by molar-refractivity contribution is 14.1. The molecular formula is C17H19IN4O. The fourth-order valence-corrected chi connectivity index (χ4v) is 4.11.